The molecule has 0 amide bonds. The summed E-state index contributed by atoms with van der Waals surface area (Å²) in [6.07, 6.45) is 1.87. The van der Waals surface area contributed by atoms with Crippen molar-refractivity contribution in [3.05, 3.63) is 0 Å². The molecule has 1 heterocycles. The van der Waals surface area contributed by atoms with Crippen molar-refractivity contribution >= 4 is 6.34 Å². The van der Waals surface area contributed by atoms with Gasteiger partial charge in [0.15, 0.2) is 0 Å². The lowest BCUT2D eigenvalue weighted by Crippen LogP contribution is -2.48. The Morgan fingerprint density at radius 3 is 1.85 bits per heavy atom. The van der Waals surface area contributed by atoms with Crippen molar-refractivity contribution < 1.29 is 0 Å². The third-order valence-corrected chi connectivity index (χ3v) is 2.63. The molecule has 0 saturated carbocycles. The second-order valence-corrected chi connectivity index (χ2v) is 6.10. The zero-order valence-corrected chi connectivity index (χ0v) is 9.68. The van der Waals surface area contributed by atoms with Gasteiger partial charge >= 0.3 is 0 Å². The van der Waals surface area contributed by atoms with Gasteiger partial charge in [0.1, 0.15) is 0 Å². The number of hydrogen-bond acceptors (Lipinski definition) is 2. The molecule has 0 aromatic carbocycles. The fourth-order valence-electron chi connectivity index (χ4n) is 1.83. The van der Waals surface area contributed by atoms with Crippen LogP contribution in [0, 0.1) is 10.8 Å². The lowest BCUT2D eigenvalue weighted by Gasteiger charge is -2.37. The first-order valence-corrected chi connectivity index (χ1v) is 5.00. The average molecular weight is 182 g/mol. The molecule has 1 aliphatic rings. The van der Waals surface area contributed by atoms with Crippen molar-refractivity contribution in [2.45, 2.75) is 53.6 Å². The molecule has 0 fully saturated rings. The van der Waals surface area contributed by atoms with Gasteiger partial charge in [0.25, 0.3) is 0 Å². The Bertz CT molecular complexity index is 205. The van der Waals surface area contributed by atoms with Crippen molar-refractivity contribution in [2.75, 3.05) is 0 Å². The van der Waals surface area contributed by atoms with E-state index in [2.05, 4.69) is 51.9 Å². The summed E-state index contributed by atoms with van der Waals surface area (Å²) in [5.74, 6) is 0. The Hall–Kier alpha value is -0.530. The van der Waals surface area contributed by atoms with Crippen LogP contribution in [0.15, 0.2) is 4.99 Å². The largest absolute Gasteiger partial charge is 0.371 e. The maximum Gasteiger partial charge on any atom is 0.0831 e. The van der Waals surface area contributed by atoms with Crippen molar-refractivity contribution in [3.63, 3.8) is 0 Å². The van der Waals surface area contributed by atoms with E-state index in [4.69, 9.17) is 0 Å². The van der Waals surface area contributed by atoms with Crippen molar-refractivity contribution in [1.29, 1.82) is 0 Å². The van der Waals surface area contributed by atoms with Crippen LogP contribution in [0.1, 0.15) is 41.5 Å². The summed E-state index contributed by atoms with van der Waals surface area (Å²) in [4.78, 5) is 4.52. The van der Waals surface area contributed by atoms with Crippen molar-refractivity contribution in [1.82, 2.24) is 5.32 Å². The highest BCUT2D eigenvalue weighted by molar-refractivity contribution is 5.59. The van der Waals surface area contributed by atoms with Gasteiger partial charge in [-0.3, -0.25) is 4.99 Å². The molecule has 2 nitrogen and oxygen atoms in total. The fourth-order valence-corrected chi connectivity index (χ4v) is 1.83. The first-order chi connectivity index (χ1) is 5.73. The van der Waals surface area contributed by atoms with E-state index >= 15 is 0 Å². The van der Waals surface area contributed by atoms with E-state index in [0.717, 1.165) is 0 Å². The summed E-state index contributed by atoms with van der Waals surface area (Å²) in [7, 11) is 0. The first-order valence-electron chi connectivity index (χ1n) is 5.00. The predicted molar refractivity (Wildman–Crippen MR) is 58.1 cm³/mol. The van der Waals surface area contributed by atoms with Crippen LogP contribution in [-0.2, 0) is 0 Å². The SMILES string of the molecule is CC(C)(C)[C@@H]1N=CN[C@H]1C(C)(C)C. The second-order valence-electron chi connectivity index (χ2n) is 6.10. The number of hydrogen-bond donors (Lipinski definition) is 1. The van der Waals surface area contributed by atoms with Gasteiger partial charge in [-0.25, -0.2) is 0 Å². The summed E-state index contributed by atoms with van der Waals surface area (Å²) in [5, 5.41) is 3.36. The maximum absolute atomic E-state index is 4.52. The number of aliphatic imine (C=N–C) groups is 1. The van der Waals surface area contributed by atoms with E-state index in [1.165, 1.54) is 0 Å². The van der Waals surface area contributed by atoms with Crippen molar-refractivity contribution in [2.24, 2.45) is 15.8 Å². The zero-order chi connectivity index (χ0) is 10.3. The molecule has 0 bridgehead atoms. The molecule has 0 unspecified atom stereocenters. The molecule has 13 heavy (non-hydrogen) atoms. The van der Waals surface area contributed by atoms with E-state index in [0.29, 0.717) is 12.1 Å². The minimum atomic E-state index is 0.248. The van der Waals surface area contributed by atoms with E-state index < -0.39 is 0 Å². The van der Waals surface area contributed by atoms with Crippen LogP contribution in [0.2, 0.25) is 0 Å². The molecule has 0 aromatic heterocycles. The third-order valence-electron chi connectivity index (χ3n) is 2.63. The number of rotatable bonds is 0. The Morgan fingerprint density at radius 1 is 1.00 bits per heavy atom. The van der Waals surface area contributed by atoms with Crippen LogP contribution < -0.4 is 5.32 Å². The third kappa shape index (κ3) is 2.23. The number of nitrogens with zero attached hydrogens (tertiary/aromatic N) is 1. The van der Waals surface area contributed by atoms with Crippen molar-refractivity contribution in [3.8, 4) is 0 Å². The lowest BCUT2D eigenvalue weighted by molar-refractivity contribution is 0.192. The monoisotopic (exact) mass is 182 g/mol. The molecule has 2 atom stereocenters. The highest BCUT2D eigenvalue weighted by Gasteiger charge is 2.40. The summed E-state index contributed by atoms with van der Waals surface area (Å²) in [6.45, 7) is 13.5. The molecule has 76 valence electrons. The van der Waals surface area contributed by atoms with Crippen LogP contribution in [0.4, 0.5) is 0 Å². The Morgan fingerprint density at radius 2 is 1.54 bits per heavy atom. The molecule has 0 spiro atoms. The summed E-state index contributed by atoms with van der Waals surface area (Å²) < 4.78 is 0. The van der Waals surface area contributed by atoms with Gasteiger partial charge in [-0.05, 0) is 10.8 Å². The number of nitrogens with one attached hydrogen (secondary N) is 1. The Labute approximate surface area is 81.8 Å². The molecule has 0 radical (unpaired) electrons. The maximum atomic E-state index is 4.52. The topological polar surface area (TPSA) is 24.4 Å². The van der Waals surface area contributed by atoms with Crippen LogP contribution in [-0.4, -0.2) is 18.4 Å². The summed E-state index contributed by atoms with van der Waals surface area (Å²) >= 11 is 0. The van der Waals surface area contributed by atoms with Crippen LogP contribution >= 0.6 is 0 Å². The van der Waals surface area contributed by atoms with Gasteiger partial charge in [0.2, 0.25) is 0 Å². The smallest absolute Gasteiger partial charge is 0.0831 e. The second kappa shape index (κ2) is 3.00. The van der Waals surface area contributed by atoms with Gasteiger partial charge in [0.05, 0.1) is 18.4 Å². The fraction of sp³-hybridized carbons (Fsp3) is 0.909. The quantitative estimate of drug-likeness (QED) is 0.611. The Balaban J connectivity index is 2.81. The average Bonchev–Trinajstić information content (AvgIpc) is 2.27. The first kappa shape index (κ1) is 10.6. The zero-order valence-electron chi connectivity index (χ0n) is 9.68. The molecule has 0 aromatic rings. The van der Waals surface area contributed by atoms with Crippen LogP contribution in [0.25, 0.3) is 0 Å². The molecular formula is C11H22N2. The van der Waals surface area contributed by atoms with Gasteiger partial charge in [-0.2, -0.15) is 0 Å². The van der Waals surface area contributed by atoms with Gasteiger partial charge in [0, 0.05) is 0 Å². The molecular weight excluding hydrogens is 160 g/mol. The minimum Gasteiger partial charge on any atom is -0.371 e. The van der Waals surface area contributed by atoms with Gasteiger partial charge < -0.3 is 5.32 Å². The molecule has 1 N–H and O–H groups in total. The van der Waals surface area contributed by atoms with Crippen LogP contribution in [0.3, 0.4) is 0 Å². The van der Waals surface area contributed by atoms with Gasteiger partial charge in [-0.15, -0.1) is 0 Å². The molecule has 2 heteroatoms. The standard InChI is InChI=1S/C11H22N2/c1-10(2,3)8-9(11(4,5)6)13-7-12-8/h7-9H,1-6H3,(H,12,13)/t8-,9-/m1/s1. The van der Waals surface area contributed by atoms with Gasteiger partial charge in [-0.1, -0.05) is 41.5 Å². The van der Waals surface area contributed by atoms with E-state index in [-0.39, 0.29) is 10.8 Å². The molecule has 0 saturated heterocycles. The van der Waals surface area contributed by atoms with E-state index in [1.54, 1.807) is 0 Å². The molecule has 1 rings (SSSR count). The summed E-state index contributed by atoms with van der Waals surface area (Å²) in [5.41, 5.74) is 0.520. The predicted octanol–water partition coefficient (Wildman–Crippen LogP) is 2.45. The Kier molecular flexibility index (Phi) is 2.44. The van der Waals surface area contributed by atoms with E-state index in [1.807, 2.05) is 6.34 Å². The summed E-state index contributed by atoms with van der Waals surface area (Å²) in [6, 6.07) is 0.861. The normalized spacial score (nSPS) is 29.1. The highest BCUT2D eigenvalue weighted by atomic mass is 15.1. The highest BCUT2D eigenvalue weighted by Crippen LogP contribution is 2.34. The lowest BCUT2D eigenvalue weighted by atomic mass is 9.74. The van der Waals surface area contributed by atoms with E-state index in [9.17, 15) is 0 Å². The minimum absolute atomic E-state index is 0.248. The molecule has 1 aliphatic heterocycles. The van der Waals surface area contributed by atoms with Crippen LogP contribution in [0.5, 0.6) is 0 Å². The molecule has 0 aliphatic carbocycles.